The van der Waals surface area contributed by atoms with Crippen LogP contribution in [0.1, 0.15) is 44.6 Å². The number of thiazole rings is 1. The van der Waals surface area contributed by atoms with Gasteiger partial charge in [-0.15, -0.1) is 11.3 Å². The van der Waals surface area contributed by atoms with Gasteiger partial charge >= 0.3 is 0 Å². The van der Waals surface area contributed by atoms with Crippen molar-refractivity contribution in [3.05, 3.63) is 64.3 Å². The average Bonchev–Trinajstić information content (AvgIpc) is 3.47. The standard InChI is InChI=1S/C25H31N3O2S2/c1-3-4-5-18-28-24(19-31-25(28)26-22-12-8-20(2)9-13-22)21-10-14-23(15-11-21)32(29,30)27-16-6-7-17-27/h8-15,19H,3-7,16-18H2,1-2H3. The molecule has 1 aliphatic rings. The lowest BCUT2D eigenvalue weighted by Crippen LogP contribution is -2.27. The number of unbranched alkanes of at least 4 members (excludes halogenated alkanes) is 2. The molecule has 1 aliphatic heterocycles. The van der Waals surface area contributed by atoms with Gasteiger partial charge in [-0.05, 0) is 56.0 Å². The van der Waals surface area contributed by atoms with Crippen molar-refractivity contribution in [1.82, 2.24) is 8.87 Å². The largest absolute Gasteiger partial charge is 0.316 e. The van der Waals surface area contributed by atoms with E-state index in [-0.39, 0.29) is 0 Å². The Labute approximate surface area is 195 Å². The minimum absolute atomic E-state index is 0.375. The molecule has 32 heavy (non-hydrogen) atoms. The van der Waals surface area contributed by atoms with Crippen molar-refractivity contribution in [2.75, 3.05) is 13.1 Å². The molecule has 2 heterocycles. The number of aromatic nitrogens is 1. The molecular formula is C25H31N3O2S2. The Kier molecular flexibility index (Phi) is 7.28. The third-order valence-electron chi connectivity index (χ3n) is 5.89. The van der Waals surface area contributed by atoms with Gasteiger partial charge in [-0.2, -0.15) is 4.31 Å². The van der Waals surface area contributed by atoms with Crippen LogP contribution in [0, 0.1) is 6.92 Å². The molecule has 1 aromatic heterocycles. The molecule has 0 bridgehead atoms. The molecular weight excluding hydrogens is 438 g/mol. The Morgan fingerprint density at radius 2 is 1.66 bits per heavy atom. The molecule has 0 unspecified atom stereocenters. The van der Waals surface area contributed by atoms with Gasteiger partial charge in [0.2, 0.25) is 10.0 Å². The van der Waals surface area contributed by atoms with Crippen LogP contribution in [0.25, 0.3) is 11.3 Å². The Morgan fingerprint density at radius 3 is 2.31 bits per heavy atom. The highest BCUT2D eigenvalue weighted by Crippen LogP contribution is 2.26. The molecule has 1 saturated heterocycles. The summed E-state index contributed by atoms with van der Waals surface area (Å²) in [6.45, 7) is 6.42. The fourth-order valence-corrected chi connectivity index (χ4v) is 6.46. The van der Waals surface area contributed by atoms with Crippen LogP contribution >= 0.6 is 11.3 Å². The van der Waals surface area contributed by atoms with Gasteiger partial charge in [-0.25, -0.2) is 13.4 Å². The Bertz CT molecular complexity index is 1200. The maximum atomic E-state index is 12.9. The Morgan fingerprint density at radius 1 is 0.969 bits per heavy atom. The van der Waals surface area contributed by atoms with E-state index in [2.05, 4.69) is 35.9 Å². The summed E-state index contributed by atoms with van der Waals surface area (Å²) in [5.41, 5.74) is 4.27. The molecule has 2 aromatic carbocycles. The van der Waals surface area contributed by atoms with Crippen LogP contribution in [0.5, 0.6) is 0 Å². The zero-order valence-electron chi connectivity index (χ0n) is 18.8. The first kappa shape index (κ1) is 23.0. The first-order valence-corrected chi connectivity index (χ1v) is 13.7. The quantitative estimate of drug-likeness (QED) is 0.396. The molecule has 7 heteroatoms. The van der Waals surface area contributed by atoms with E-state index < -0.39 is 10.0 Å². The predicted molar refractivity (Wildman–Crippen MR) is 132 cm³/mol. The topological polar surface area (TPSA) is 54.7 Å². The number of rotatable bonds is 8. The lowest BCUT2D eigenvalue weighted by molar-refractivity contribution is 0.477. The SMILES string of the molecule is CCCCCn1c(-c2ccc(S(=O)(=O)N3CCCC3)cc2)csc1=Nc1ccc(C)cc1. The summed E-state index contributed by atoms with van der Waals surface area (Å²) in [5.74, 6) is 0. The molecule has 5 nitrogen and oxygen atoms in total. The summed E-state index contributed by atoms with van der Waals surface area (Å²) in [6, 6.07) is 15.6. The minimum Gasteiger partial charge on any atom is -0.316 e. The second-order valence-corrected chi connectivity index (χ2v) is 11.1. The molecule has 0 radical (unpaired) electrons. The number of aryl methyl sites for hydroxylation is 1. The third-order valence-corrected chi connectivity index (χ3v) is 8.67. The fraction of sp³-hybridized carbons (Fsp3) is 0.400. The molecule has 0 N–H and O–H groups in total. The van der Waals surface area contributed by atoms with Crippen molar-refractivity contribution in [3.63, 3.8) is 0 Å². The van der Waals surface area contributed by atoms with E-state index in [0.29, 0.717) is 18.0 Å². The summed E-state index contributed by atoms with van der Waals surface area (Å²) in [7, 11) is -3.39. The first-order valence-electron chi connectivity index (χ1n) is 11.4. The molecule has 170 valence electrons. The summed E-state index contributed by atoms with van der Waals surface area (Å²) < 4.78 is 29.6. The summed E-state index contributed by atoms with van der Waals surface area (Å²) in [5, 5.41) is 2.13. The summed E-state index contributed by atoms with van der Waals surface area (Å²) in [6.07, 6.45) is 5.30. The first-order chi connectivity index (χ1) is 15.5. The third kappa shape index (κ3) is 5.05. The van der Waals surface area contributed by atoms with Crippen LogP contribution in [-0.2, 0) is 16.6 Å². The smallest absolute Gasteiger partial charge is 0.243 e. The Balaban J connectivity index is 1.68. The zero-order valence-corrected chi connectivity index (χ0v) is 20.5. The lowest BCUT2D eigenvalue weighted by Gasteiger charge is -2.16. The van der Waals surface area contributed by atoms with Crippen LogP contribution in [0.4, 0.5) is 5.69 Å². The van der Waals surface area contributed by atoms with E-state index in [9.17, 15) is 8.42 Å². The minimum atomic E-state index is -3.39. The van der Waals surface area contributed by atoms with Gasteiger partial charge in [0.05, 0.1) is 16.3 Å². The number of hydrogen-bond donors (Lipinski definition) is 0. The molecule has 0 aliphatic carbocycles. The van der Waals surface area contributed by atoms with Crippen molar-refractivity contribution < 1.29 is 8.42 Å². The van der Waals surface area contributed by atoms with Gasteiger partial charge in [0.1, 0.15) is 0 Å². The van der Waals surface area contributed by atoms with E-state index in [1.54, 1.807) is 27.8 Å². The molecule has 4 rings (SSSR count). The fourth-order valence-electron chi connectivity index (χ4n) is 3.99. The van der Waals surface area contributed by atoms with Crippen LogP contribution in [0.15, 0.2) is 63.8 Å². The van der Waals surface area contributed by atoms with Crippen LogP contribution < -0.4 is 4.80 Å². The van der Waals surface area contributed by atoms with Crippen molar-refractivity contribution in [2.24, 2.45) is 4.99 Å². The van der Waals surface area contributed by atoms with Crippen molar-refractivity contribution in [2.45, 2.75) is 57.4 Å². The van der Waals surface area contributed by atoms with Crippen LogP contribution in [0.3, 0.4) is 0 Å². The second kappa shape index (κ2) is 10.1. The van der Waals surface area contributed by atoms with E-state index in [0.717, 1.165) is 54.0 Å². The van der Waals surface area contributed by atoms with E-state index in [1.807, 2.05) is 24.3 Å². The van der Waals surface area contributed by atoms with E-state index in [1.165, 1.54) is 12.0 Å². The van der Waals surface area contributed by atoms with E-state index >= 15 is 0 Å². The van der Waals surface area contributed by atoms with Gasteiger partial charge < -0.3 is 4.57 Å². The molecule has 1 fully saturated rings. The van der Waals surface area contributed by atoms with Gasteiger partial charge in [0.25, 0.3) is 0 Å². The van der Waals surface area contributed by atoms with Gasteiger partial charge in [-0.3, -0.25) is 0 Å². The zero-order chi connectivity index (χ0) is 22.6. The van der Waals surface area contributed by atoms with Gasteiger partial charge in [0, 0.05) is 25.0 Å². The number of sulfonamides is 1. The lowest BCUT2D eigenvalue weighted by atomic mass is 10.1. The van der Waals surface area contributed by atoms with Gasteiger partial charge in [0.15, 0.2) is 4.80 Å². The number of nitrogens with zero attached hydrogens (tertiary/aromatic N) is 3. The molecule has 0 amide bonds. The monoisotopic (exact) mass is 469 g/mol. The number of benzene rings is 2. The van der Waals surface area contributed by atoms with Crippen molar-refractivity contribution in [1.29, 1.82) is 0 Å². The number of hydrogen-bond acceptors (Lipinski definition) is 4. The van der Waals surface area contributed by atoms with Crippen LogP contribution in [0.2, 0.25) is 0 Å². The highest BCUT2D eigenvalue weighted by Gasteiger charge is 2.27. The molecule has 0 atom stereocenters. The summed E-state index contributed by atoms with van der Waals surface area (Å²) in [4.78, 5) is 6.24. The predicted octanol–water partition coefficient (Wildman–Crippen LogP) is 5.73. The van der Waals surface area contributed by atoms with Crippen molar-refractivity contribution in [3.8, 4) is 11.3 Å². The maximum absolute atomic E-state index is 12.9. The maximum Gasteiger partial charge on any atom is 0.243 e. The van der Waals surface area contributed by atoms with E-state index in [4.69, 9.17) is 4.99 Å². The summed E-state index contributed by atoms with van der Waals surface area (Å²) >= 11 is 1.63. The Hall–Kier alpha value is -2.22. The highest BCUT2D eigenvalue weighted by molar-refractivity contribution is 7.89. The van der Waals surface area contributed by atoms with Crippen molar-refractivity contribution >= 4 is 27.0 Å². The molecule has 0 spiro atoms. The normalized spacial score (nSPS) is 15.5. The van der Waals surface area contributed by atoms with Gasteiger partial charge in [-0.1, -0.05) is 49.6 Å². The highest BCUT2D eigenvalue weighted by atomic mass is 32.2. The second-order valence-electron chi connectivity index (χ2n) is 8.35. The average molecular weight is 470 g/mol. The molecule has 3 aromatic rings. The molecule has 0 saturated carbocycles. The van der Waals surface area contributed by atoms with Crippen LogP contribution in [-0.4, -0.2) is 30.4 Å².